The Balaban J connectivity index is 2.20. The molecule has 21 heavy (non-hydrogen) atoms. The van der Waals surface area contributed by atoms with Crippen molar-refractivity contribution in [2.75, 3.05) is 39.2 Å². The molecule has 0 aromatic rings. The van der Waals surface area contributed by atoms with Gasteiger partial charge in [-0.05, 0) is 6.26 Å². The van der Waals surface area contributed by atoms with Gasteiger partial charge in [0, 0.05) is 12.6 Å². The van der Waals surface area contributed by atoms with Crippen molar-refractivity contribution in [2.45, 2.75) is 12.6 Å². The SMILES string of the molecule is CSC1=NC(N(CCOCCOCC(=O)O)N=N)CC=N1. The number of carbonyl (C=O) groups is 1. The van der Waals surface area contributed by atoms with Crippen LogP contribution in [0.2, 0.25) is 0 Å². The van der Waals surface area contributed by atoms with Gasteiger partial charge in [0.25, 0.3) is 0 Å². The Hall–Kier alpha value is -1.52. The maximum absolute atomic E-state index is 10.2. The predicted octanol–water partition coefficient (Wildman–Crippen LogP) is 0.872. The summed E-state index contributed by atoms with van der Waals surface area (Å²) in [6, 6.07) is 0. The summed E-state index contributed by atoms with van der Waals surface area (Å²) in [4.78, 5) is 18.7. The van der Waals surface area contributed by atoms with Crippen molar-refractivity contribution in [1.29, 1.82) is 5.53 Å². The number of aliphatic imine (C=N–C) groups is 2. The van der Waals surface area contributed by atoms with Crippen LogP contribution in [-0.2, 0) is 14.3 Å². The fraction of sp³-hybridized carbons (Fsp3) is 0.727. The van der Waals surface area contributed by atoms with E-state index in [-0.39, 0.29) is 19.4 Å². The van der Waals surface area contributed by atoms with Crippen molar-refractivity contribution < 1.29 is 19.4 Å². The van der Waals surface area contributed by atoms with Gasteiger partial charge >= 0.3 is 5.97 Å². The molecule has 1 aliphatic rings. The van der Waals surface area contributed by atoms with Gasteiger partial charge in [0.15, 0.2) is 5.17 Å². The number of ether oxygens (including phenoxy) is 2. The van der Waals surface area contributed by atoms with Gasteiger partial charge in [-0.1, -0.05) is 17.0 Å². The van der Waals surface area contributed by atoms with E-state index in [0.717, 1.165) is 0 Å². The van der Waals surface area contributed by atoms with Gasteiger partial charge in [0.2, 0.25) is 0 Å². The number of carboxylic acids is 1. The predicted molar refractivity (Wildman–Crippen MR) is 79.0 cm³/mol. The third-order valence-electron chi connectivity index (χ3n) is 2.49. The van der Waals surface area contributed by atoms with Gasteiger partial charge in [0.1, 0.15) is 12.8 Å². The molecule has 0 aromatic carbocycles. The van der Waals surface area contributed by atoms with E-state index >= 15 is 0 Å². The number of carboxylic acid groups (broad SMARTS) is 1. The minimum absolute atomic E-state index is 0.217. The summed E-state index contributed by atoms with van der Waals surface area (Å²) in [5, 5.41) is 14.0. The normalized spacial score (nSPS) is 17.4. The number of rotatable bonds is 10. The molecule has 0 radical (unpaired) electrons. The molecule has 0 bridgehead atoms. The molecule has 0 spiro atoms. The summed E-state index contributed by atoms with van der Waals surface area (Å²) in [5.41, 5.74) is 7.20. The van der Waals surface area contributed by atoms with Crippen molar-refractivity contribution in [3.8, 4) is 0 Å². The standard InChI is InChI=1S/C11H19N5O4S/c1-21-11-13-3-2-9(14-11)16(15-12)4-5-19-6-7-20-8-10(17)18/h3,9,12H,2,4-8H2,1H3,(H,17,18). The monoisotopic (exact) mass is 317 g/mol. The van der Waals surface area contributed by atoms with E-state index in [4.69, 9.17) is 20.1 Å². The van der Waals surface area contributed by atoms with Crippen LogP contribution in [0.1, 0.15) is 6.42 Å². The summed E-state index contributed by atoms with van der Waals surface area (Å²) >= 11 is 1.44. The molecule has 1 atom stereocenters. The first-order valence-corrected chi connectivity index (χ1v) is 7.55. The zero-order valence-corrected chi connectivity index (χ0v) is 12.6. The van der Waals surface area contributed by atoms with E-state index < -0.39 is 5.97 Å². The van der Waals surface area contributed by atoms with Gasteiger partial charge in [0.05, 0.1) is 26.4 Å². The highest BCUT2D eigenvalue weighted by molar-refractivity contribution is 8.13. The van der Waals surface area contributed by atoms with E-state index in [2.05, 4.69) is 15.2 Å². The lowest BCUT2D eigenvalue weighted by atomic mass is 10.3. The van der Waals surface area contributed by atoms with Crippen LogP contribution in [0.5, 0.6) is 0 Å². The molecule has 0 amide bonds. The van der Waals surface area contributed by atoms with Crippen LogP contribution in [0.25, 0.3) is 0 Å². The number of nitrogens with zero attached hydrogens (tertiary/aromatic N) is 4. The summed E-state index contributed by atoms with van der Waals surface area (Å²) in [5.74, 6) is -1.00. The summed E-state index contributed by atoms with van der Waals surface area (Å²) in [7, 11) is 0. The number of nitrogens with one attached hydrogen (secondary N) is 1. The molecule has 0 saturated heterocycles. The molecule has 2 N–H and O–H groups in total. The zero-order valence-electron chi connectivity index (χ0n) is 11.8. The van der Waals surface area contributed by atoms with Crippen LogP contribution in [0.3, 0.4) is 0 Å². The first kappa shape index (κ1) is 17.5. The summed E-state index contributed by atoms with van der Waals surface area (Å²) < 4.78 is 10.1. The molecule has 1 aliphatic heterocycles. The van der Waals surface area contributed by atoms with Crippen LogP contribution in [0, 0.1) is 5.53 Å². The maximum Gasteiger partial charge on any atom is 0.329 e. The molecule has 0 fully saturated rings. The third-order valence-corrected chi connectivity index (χ3v) is 3.07. The fourth-order valence-electron chi connectivity index (χ4n) is 1.54. The van der Waals surface area contributed by atoms with Crippen LogP contribution >= 0.6 is 11.8 Å². The zero-order chi connectivity index (χ0) is 15.5. The van der Waals surface area contributed by atoms with Gasteiger partial charge in [-0.25, -0.2) is 14.8 Å². The van der Waals surface area contributed by atoms with E-state index in [1.54, 1.807) is 6.21 Å². The molecule has 9 nitrogen and oxygen atoms in total. The highest BCUT2D eigenvalue weighted by atomic mass is 32.2. The Kier molecular flexibility index (Phi) is 8.55. The van der Waals surface area contributed by atoms with E-state index in [0.29, 0.717) is 31.3 Å². The molecule has 0 aliphatic carbocycles. The topological polar surface area (TPSA) is 120 Å². The Morgan fingerprint density at radius 3 is 3.00 bits per heavy atom. The highest BCUT2D eigenvalue weighted by Gasteiger charge is 2.18. The largest absolute Gasteiger partial charge is 0.480 e. The van der Waals surface area contributed by atoms with Crippen molar-refractivity contribution in [3.63, 3.8) is 0 Å². The van der Waals surface area contributed by atoms with Gasteiger partial charge in [-0.15, -0.1) is 0 Å². The van der Waals surface area contributed by atoms with Crippen molar-refractivity contribution in [1.82, 2.24) is 5.01 Å². The second-order valence-electron chi connectivity index (χ2n) is 3.97. The first-order chi connectivity index (χ1) is 10.2. The second kappa shape index (κ2) is 10.2. The van der Waals surface area contributed by atoms with Crippen LogP contribution in [0.15, 0.2) is 15.2 Å². The molecular formula is C11H19N5O4S. The molecule has 1 heterocycles. The minimum atomic E-state index is -1.00. The lowest BCUT2D eigenvalue weighted by molar-refractivity contribution is -0.142. The lowest BCUT2D eigenvalue weighted by Crippen LogP contribution is -2.34. The molecule has 1 unspecified atom stereocenters. The fourth-order valence-corrected chi connectivity index (χ4v) is 1.94. The van der Waals surface area contributed by atoms with E-state index in [9.17, 15) is 4.79 Å². The Morgan fingerprint density at radius 2 is 2.33 bits per heavy atom. The van der Waals surface area contributed by atoms with E-state index in [1.165, 1.54) is 16.8 Å². The van der Waals surface area contributed by atoms with Crippen molar-refractivity contribution in [2.24, 2.45) is 15.2 Å². The van der Waals surface area contributed by atoms with Crippen LogP contribution in [0.4, 0.5) is 0 Å². The number of aliphatic carboxylic acids is 1. The average Bonchev–Trinajstić information content (AvgIpc) is 2.50. The maximum atomic E-state index is 10.2. The number of hydrogen-bond donors (Lipinski definition) is 2. The second-order valence-corrected chi connectivity index (χ2v) is 4.74. The van der Waals surface area contributed by atoms with Crippen molar-refractivity contribution in [3.05, 3.63) is 0 Å². The summed E-state index contributed by atoms with van der Waals surface area (Å²) in [6.45, 7) is 0.966. The molecule has 0 saturated carbocycles. The number of thioether (sulfide) groups is 1. The van der Waals surface area contributed by atoms with Gasteiger partial charge < -0.3 is 14.6 Å². The number of amidine groups is 1. The van der Waals surface area contributed by atoms with Gasteiger partial charge in [-0.3, -0.25) is 5.01 Å². The molecule has 1 rings (SSSR count). The van der Waals surface area contributed by atoms with E-state index in [1.807, 2.05) is 6.26 Å². The quantitative estimate of drug-likeness (QED) is 0.350. The average molecular weight is 317 g/mol. The smallest absolute Gasteiger partial charge is 0.329 e. The van der Waals surface area contributed by atoms with Crippen LogP contribution in [-0.4, -0.2) is 72.9 Å². The number of hydrogen-bond acceptors (Lipinski definition) is 8. The molecular weight excluding hydrogens is 298 g/mol. The van der Waals surface area contributed by atoms with Crippen molar-refractivity contribution >= 4 is 29.1 Å². The Labute approximate surface area is 126 Å². The molecule has 0 aromatic heterocycles. The Morgan fingerprint density at radius 1 is 1.57 bits per heavy atom. The Bertz CT molecular complexity index is 404. The highest BCUT2D eigenvalue weighted by Crippen LogP contribution is 2.14. The minimum Gasteiger partial charge on any atom is -0.480 e. The molecule has 10 heteroatoms. The third kappa shape index (κ3) is 7.16. The lowest BCUT2D eigenvalue weighted by Gasteiger charge is -2.25. The first-order valence-electron chi connectivity index (χ1n) is 6.33. The summed E-state index contributed by atoms with van der Waals surface area (Å²) in [6.07, 6.45) is 4.03. The molecule has 118 valence electrons. The van der Waals surface area contributed by atoms with Crippen LogP contribution < -0.4 is 0 Å². The van der Waals surface area contributed by atoms with Gasteiger partial charge in [-0.2, -0.15) is 5.53 Å².